The van der Waals surface area contributed by atoms with Crippen LogP contribution in [0.1, 0.15) is 68.4 Å². The summed E-state index contributed by atoms with van der Waals surface area (Å²) in [7, 11) is 0. The molecule has 1 N–H and O–H groups in total. The third-order valence-electron chi connectivity index (χ3n) is 5.67. The molecule has 0 radical (unpaired) electrons. The maximum Gasteiger partial charge on any atom is 0.117 e. The minimum Gasteiger partial charge on any atom is -0.410 e. The number of benzene rings is 2. The summed E-state index contributed by atoms with van der Waals surface area (Å²) in [6.07, 6.45) is 2.37. The summed E-state index contributed by atoms with van der Waals surface area (Å²) in [4.78, 5) is 0. The third kappa shape index (κ3) is 3.35. The summed E-state index contributed by atoms with van der Waals surface area (Å²) < 4.78 is 1.17. The first-order chi connectivity index (χ1) is 11.7. The Morgan fingerprint density at radius 1 is 0.960 bits per heavy atom. The van der Waals surface area contributed by atoms with E-state index in [4.69, 9.17) is 0 Å². The lowest BCUT2D eigenvalue weighted by molar-refractivity contribution is 0.319. The molecule has 0 spiro atoms. The van der Waals surface area contributed by atoms with Crippen molar-refractivity contribution in [3.05, 3.63) is 67.8 Å². The van der Waals surface area contributed by atoms with Crippen LogP contribution in [0.25, 0.3) is 0 Å². The van der Waals surface area contributed by atoms with Crippen LogP contribution in [-0.4, -0.2) is 10.9 Å². The zero-order valence-electron chi connectivity index (χ0n) is 15.7. The monoisotopic (exact) mass is 447 g/mol. The largest absolute Gasteiger partial charge is 0.410 e. The maximum atomic E-state index is 9.75. The Bertz CT molecular complexity index is 832. The van der Waals surface area contributed by atoms with Crippen LogP contribution in [0.5, 0.6) is 0 Å². The number of halogens is 1. The predicted octanol–water partition coefficient (Wildman–Crippen LogP) is 6.18. The van der Waals surface area contributed by atoms with Gasteiger partial charge in [-0.25, -0.2) is 0 Å². The number of nitrogens with zero attached hydrogens (tertiary/aromatic N) is 1. The fraction of sp³-hybridized carbons (Fsp3) is 0.409. The van der Waals surface area contributed by atoms with Gasteiger partial charge in [-0.1, -0.05) is 51.0 Å². The van der Waals surface area contributed by atoms with Gasteiger partial charge >= 0.3 is 0 Å². The van der Waals surface area contributed by atoms with Crippen LogP contribution in [0, 0.1) is 10.5 Å². The number of fused-ring (bicyclic) bond motifs is 1. The first-order valence-corrected chi connectivity index (χ1v) is 9.87. The predicted molar refractivity (Wildman–Crippen MR) is 113 cm³/mol. The average molecular weight is 447 g/mol. The summed E-state index contributed by atoms with van der Waals surface area (Å²) in [5.74, 6) is 0. The summed E-state index contributed by atoms with van der Waals surface area (Å²) in [5, 5.41) is 13.4. The van der Waals surface area contributed by atoms with Gasteiger partial charge in [0.1, 0.15) is 5.71 Å². The van der Waals surface area contributed by atoms with E-state index in [1.54, 1.807) is 0 Å². The second kappa shape index (κ2) is 6.42. The van der Waals surface area contributed by atoms with Crippen molar-refractivity contribution < 1.29 is 5.21 Å². The van der Waals surface area contributed by atoms with Crippen LogP contribution >= 0.6 is 22.6 Å². The van der Waals surface area contributed by atoms with Crippen molar-refractivity contribution in [3.63, 3.8) is 0 Å². The molecule has 2 nitrogen and oxygen atoms in total. The van der Waals surface area contributed by atoms with Gasteiger partial charge in [0.05, 0.1) is 0 Å². The number of hydrogen-bond acceptors (Lipinski definition) is 2. The smallest absolute Gasteiger partial charge is 0.117 e. The minimum absolute atomic E-state index is 0.139. The molecule has 0 atom stereocenters. The summed E-state index contributed by atoms with van der Waals surface area (Å²) >= 11 is 2.29. The number of rotatable bonds is 2. The van der Waals surface area contributed by atoms with Crippen LogP contribution in [0.3, 0.4) is 0 Å². The fourth-order valence-corrected chi connectivity index (χ4v) is 4.21. The average Bonchev–Trinajstić information content (AvgIpc) is 2.55. The summed E-state index contributed by atoms with van der Waals surface area (Å²) in [6.45, 7) is 11.4. The molecule has 25 heavy (non-hydrogen) atoms. The first-order valence-electron chi connectivity index (χ1n) is 8.80. The molecule has 2 aromatic rings. The van der Waals surface area contributed by atoms with Crippen molar-refractivity contribution >= 4 is 28.3 Å². The Morgan fingerprint density at radius 2 is 1.48 bits per heavy atom. The van der Waals surface area contributed by atoms with Crippen molar-refractivity contribution in [2.75, 3.05) is 0 Å². The molecule has 3 rings (SSSR count). The molecule has 0 saturated heterocycles. The molecule has 1 aliphatic carbocycles. The van der Waals surface area contributed by atoms with E-state index in [9.17, 15) is 5.21 Å². The van der Waals surface area contributed by atoms with Gasteiger partial charge in [-0.3, -0.25) is 0 Å². The van der Waals surface area contributed by atoms with Gasteiger partial charge in [-0.2, -0.15) is 0 Å². The van der Waals surface area contributed by atoms with Gasteiger partial charge in [0.25, 0.3) is 0 Å². The van der Waals surface area contributed by atoms with Gasteiger partial charge in [0.2, 0.25) is 0 Å². The van der Waals surface area contributed by atoms with E-state index in [1.807, 2.05) is 24.3 Å². The highest BCUT2D eigenvalue weighted by molar-refractivity contribution is 14.1. The Labute approximate surface area is 164 Å². The second-order valence-corrected chi connectivity index (χ2v) is 9.68. The molecule has 0 aromatic heterocycles. The molecule has 0 fully saturated rings. The van der Waals surface area contributed by atoms with Crippen molar-refractivity contribution in [1.82, 2.24) is 0 Å². The maximum absolute atomic E-state index is 9.75. The lowest BCUT2D eigenvalue weighted by Crippen LogP contribution is -2.34. The minimum atomic E-state index is 0.139. The van der Waals surface area contributed by atoms with E-state index in [0.717, 1.165) is 16.7 Å². The van der Waals surface area contributed by atoms with Gasteiger partial charge in [-0.15, -0.1) is 0 Å². The zero-order valence-corrected chi connectivity index (χ0v) is 17.8. The Balaban J connectivity index is 2.19. The molecular weight excluding hydrogens is 421 g/mol. The number of hydrogen-bond donors (Lipinski definition) is 1. The van der Waals surface area contributed by atoms with E-state index in [2.05, 4.69) is 74.5 Å². The molecule has 132 valence electrons. The summed E-state index contributed by atoms with van der Waals surface area (Å²) in [5.41, 5.74) is 6.92. The molecule has 0 heterocycles. The SMILES string of the molecule is Cc1cc2c(cc1/C(=N/O)c1ccc(I)cc1)C(C)(C)CCC2(C)C. The second-order valence-electron chi connectivity index (χ2n) is 8.44. The standard InChI is InChI=1S/C22H26INO/c1-14-12-18-19(22(4,5)11-10-21(18,2)3)13-17(14)20(24-25)15-6-8-16(23)9-7-15/h6-9,12-13,25H,10-11H2,1-5H3/b24-20+. The molecule has 1 aliphatic rings. The quantitative estimate of drug-likeness (QED) is 0.254. The third-order valence-corrected chi connectivity index (χ3v) is 6.39. The highest BCUT2D eigenvalue weighted by atomic mass is 127. The molecule has 0 saturated carbocycles. The molecule has 0 aliphatic heterocycles. The van der Waals surface area contributed by atoms with Crippen molar-refractivity contribution in [2.24, 2.45) is 5.16 Å². The highest BCUT2D eigenvalue weighted by Crippen LogP contribution is 2.46. The van der Waals surface area contributed by atoms with Gasteiger partial charge in [0, 0.05) is 14.7 Å². The number of aryl methyl sites for hydroxylation is 1. The molecule has 2 aromatic carbocycles. The molecule has 0 unspecified atom stereocenters. The van der Waals surface area contributed by atoms with E-state index < -0.39 is 0 Å². The van der Waals surface area contributed by atoms with E-state index in [-0.39, 0.29) is 10.8 Å². The summed E-state index contributed by atoms with van der Waals surface area (Å²) in [6, 6.07) is 12.7. The van der Waals surface area contributed by atoms with Crippen molar-refractivity contribution in [2.45, 2.75) is 58.3 Å². The topological polar surface area (TPSA) is 32.6 Å². The van der Waals surface area contributed by atoms with Gasteiger partial charge in [0.15, 0.2) is 0 Å². The van der Waals surface area contributed by atoms with E-state index in [0.29, 0.717) is 5.71 Å². The van der Waals surface area contributed by atoms with Gasteiger partial charge in [-0.05, 0) is 88.1 Å². The van der Waals surface area contributed by atoms with Crippen molar-refractivity contribution in [3.8, 4) is 0 Å². The first kappa shape index (κ1) is 18.4. The Kier molecular flexibility index (Phi) is 4.73. The van der Waals surface area contributed by atoms with E-state index >= 15 is 0 Å². The molecular formula is C22H26INO. The van der Waals surface area contributed by atoms with Crippen molar-refractivity contribution in [1.29, 1.82) is 0 Å². The van der Waals surface area contributed by atoms with Crippen LogP contribution in [0.15, 0.2) is 41.6 Å². The van der Waals surface area contributed by atoms with Gasteiger partial charge < -0.3 is 5.21 Å². The normalized spacial score (nSPS) is 18.7. The zero-order chi connectivity index (χ0) is 18.4. The van der Waals surface area contributed by atoms with E-state index in [1.165, 1.54) is 27.5 Å². The Hall–Kier alpha value is -1.36. The lowest BCUT2D eigenvalue weighted by Gasteiger charge is -2.42. The fourth-order valence-electron chi connectivity index (χ4n) is 3.85. The van der Waals surface area contributed by atoms with Crippen LogP contribution in [0.2, 0.25) is 0 Å². The van der Waals surface area contributed by atoms with Crippen LogP contribution in [0.4, 0.5) is 0 Å². The Morgan fingerprint density at radius 3 is 2.00 bits per heavy atom. The lowest BCUT2D eigenvalue weighted by atomic mass is 9.62. The molecule has 3 heteroatoms. The molecule has 0 amide bonds. The molecule has 0 bridgehead atoms. The van der Waals surface area contributed by atoms with Crippen LogP contribution < -0.4 is 0 Å². The van der Waals surface area contributed by atoms with Crippen LogP contribution in [-0.2, 0) is 10.8 Å². The highest BCUT2D eigenvalue weighted by Gasteiger charge is 2.37. The number of oxime groups is 1.